The molecule has 0 unspecified atom stereocenters. The molecule has 3 rings (SSSR count). The lowest BCUT2D eigenvalue weighted by molar-refractivity contribution is 0.462. The molecule has 1 aliphatic heterocycles. The second-order valence-electron chi connectivity index (χ2n) is 6.24. The molecule has 2 aromatic heterocycles. The van der Waals surface area contributed by atoms with Crippen molar-refractivity contribution >= 4 is 22.3 Å². The van der Waals surface area contributed by atoms with Gasteiger partial charge in [0.2, 0.25) is 0 Å². The SMILES string of the molecule is CCNC(=NCCCn1cccn1)NC1CCN(c2cccs2)CC1. The molecule has 0 atom stereocenters. The molecule has 0 spiro atoms. The van der Waals surface area contributed by atoms with Crippen LogP contribution in [0.1, 0.15) is 26.2 Å². The van der Waals surface area contributed by atoms with Crippen LogP contribution in [0.25, 0.3) is 0 Å². The van der Waals surface area contributed by atoms with Crippen molar-refractivity contribution in [2.45, 2.75) is 38.8 Å². The topological polar surface area (TPSA) is 57.5 Å². The Morgan fingerprint density at radius 1 is 1.36 bits per heavy atom. The standard InChI is InChI=1S/C18H28N6S/c1-2-19-18(20-9-4-11-24-12-5-10-21-24)22-16-7-13-23(14-8-16)17-6-3-15-25-17/h3,5-6,10,12,15-16H,2,4,7-9,11,13-14H2,1H3,(H2,19,20,22). The Morgan fingerprint density at radius 3 is 2.92 bits per heavy atom. The van der Waals surface area contributed by atoms with E-state index < -0.39 is 0 Å². The Hall–Kier alpha value is -2.02. The van der Waals surface area contributed by atoms with E-state index in [0.29, 0.717) is 6.04 Å². The van der Waals surface area contributed by atoms with E-state index in [4.69, 9.17) is 4.99 Å². The maximum atomic E-state index is 4.72. The molecule has 25 heavy (non-hydrogen) atoms. The smallest absolute Gasteiger partial charge is 0.191 e. The summed E-state index contributed by atoms with van der Waals surface area (Å²) in [6.45, 7) is 6.94. The van der Waals surface area contributed by atoms with Gasteiger partial charge in [-0.15, -0.1) is 11.3 Å². The summed E-state index contributed by atoms with van der Waals surface area (Å²) >= 11 is 1.83. The summed E-state index contributed by atoms with van der Waals surface area (Å²) in [5.41, 5.74) is 0. The summed E-state index contributed by atoms with van der Waals surface area (Å²) in [5, 5.41) is 14.7. The van der Waals surface area contributed by atoms with Gasteiger partial charge in [-0.25, -0.2) is 0 Å². The molecule has 136 valence electrons. The van der Waals surface area contributed by atoms with E-state index in [9.17, 15) is 0 Å². The molecule has 3 heterocycles. The van der Waals surface area contributed by atoms with Crippen LogP contribution in [0.15, 0.2) is 41.0 Å². The van der Waals surface area contributed by atoms with Crippen LogP contribution in [0.5, 0.6) is 0 Å². The molecular weight excluding hydrogens is 332 g/mol. The summed E-state index contributed by atoms with van der Waals surface area (Å²) in [7, 11) is 0. The minimum atomic E-state index is 0.500. The first-order valence-electron chi connectivity index (χ1n) is 9.16. The Morgan fingerprint density at radius 2 is 2.24 bits per heavy atom. The van der Waals surface area contributed by atoms with Gasteiger partial charge in [-0.2, -0.15) is 5.10 Å². The van der Waals surface area contributed by atoms with Crippen LogP contribution in [0, 0.1) is 0 Å². The molecule has 1 aliphatic rings. The third-order valence-corrected chi connectivity index (χ3v) is 5.30. The van der Waals surface area contributed by atoms with Crippen molar-refractivity contribution in [2.24, 2.45) is 4.99 Å². The second kappa shape index (κ2) is 9.46. The molecule has 6 nitrogen and oxygen atoms in total. The van der Waals surface area contributed by atoms with Crippen LogP contribution >= 0.6 is 11.3 Å². The van der Waals surface area contributed by atoms with E-state index in [-0.39, 0.29) is 0 Å². The number of aryl methyl sites for hydroxylation is 1. The van der Waals surface area contributed by atoms with Crippen LogP contribution in [0.2, 0.25) is 0 Å². The Kier molecular flexibility index (Phi) is 6.73. The van der Waals surface area contributed by atoms with Crippen LogP contribution < -0.4 is 15.5 Å². The molecule has 1 fully saturated rings. The van der Waals surface area contributed by atoms with Crippen molar-refractivity contribution in [1.82, 2.24) is 20.4 Å². The lowest BCUT2D eigenvalue weighted by Gasteiger charge is -2.33. The third kappa shape index (κ3) is 5.49. The average Bonchev–Trinajstić information content (AvgIpc) is 3.33. The molecule has 1 saturated heterocycles. The van der Waals surface area contributed by atoms with E-state index in [1.807, 2.05) is 34.5 Å². The van der Waals surface area contributed by atoms with Gasteiger partial charge in [0.1, 0.15) is 0 Å². The lowest BCUT2D eigenvalue weighted by atomic mass is 10.1. The van der Waals surface area contributed by atoms with E-state index in [1.54, 1.807) is 0 Å². The second-order valence-corrected chi connectivity index (χ2v) is 7.17. The van der Waals surface area contributed by atoms with Crippen LogP contribution in [0.3, 0.4) is 0 Å². The quantitative estimate of drug-likeness (QED) is 0.453. The van der Waals surface area contributed by atoms with Gasteiger partial charge in [0.25, 0.3) is 0 Å². The number of piperidine rings is 1. The monoisotopic (exact) mass is 360 g/mol. The third-order valence-electron chi connectivity index (χ3n) is 4.37. The van der Waals surface area contributed by atoms with E-state index in [2.05, 4.69) is 45.1 Å². The minimum Gasteiger partial charge on any atom is -0.363 e. The van der Waals surface area contributed by atoms with Gasteiger partial charge in [-0.3, -0.25) is 9.67 Å². The molecule has 2 aromatic rings. The molecule has 7 heteroatoms. The number of aromatic nitrogens is 2. The zero-order valence-corrected chi connectivity index (χ0v) is 15.7. The van der Waals surface area contributed by atoms with Crippen LogP contribution in [-0.4, -0.2) is 48.0 Å². The summed E-state index contributed by atoms with van der Waals surface area (Å²) in [6, 6.07) is 6.80. The molecule has 0 bridgehead atoms. The number of anilines is 1. The summed E-state index contributed by atoms with van der Waals surface area (Å²) < 4.78 is 1.95. The first-order valence-corrected chi connectivity index (χ1v) is 10.0. The number of hydrogen-bond donors (Lipinski definition) is 2. The highest BCUT2D eigenvalue weighted by molar-refractivity contribution is 7.14. The fourth-order valence-corrected chi connectivity index (χ4v) is 3.85. The number of nitrogens with zero attached hydrogens (tertiary/aromatic N) is 4. The van der Waals surface area contributed by atoms with Gasteiger partial charge in [-0.05, 0) is 49.8 Å². The Bertz CT molecular complexity index is 614. The van der Waals surface area contributed by atoms with Gasteiger partial charge in [0, 0.05) is 51.2 Å². The van der Waals surface area contributed by atoms with Crippen molar-refractivity contribution < 1.29 is 0 Å². The molecule has 0 radical (unpaired) electrons. The predicted molar refractivity (Wildman–Crippen MR) is 106 cm³/mol. The molecule has 0 amide bonds. The minimum absolute atomic E-state index is 0.500. The highest BCUT2D eigenvalue weighted by atomic mass is 32.1. The van der Waals surface area contributed by atoms with E-state index >= 15 is 0 Å². The van der Waals surface area contributed by atoms with E-state index in [1.165, 1.54) is 5.00 Å². The number of hydrogen-bond acceptors (Lipinski definition) is 4. The van der Waals surface area contributed by atoms with Crippen molar-refractivity contribution in [3.8, 4) is 0 Å². The normalized spacial score (nSPS) is 16.2. The maximum absolute atomic E-state index is 4.72. The first kappa shape index (κ1) is 17.8. The van der Waals surface area contributed by atoms with Gasteiger partial charge in [0.05, 0.1) is 5.00 Å². The summed E-state index contributed by atoms with van der Waals surface area (Å²) in [6.07, 6.45) is 7.10. The fraction of sp³-hybridized carbons (Fsp3) is 0.556. The number of nitrogens with one attached hydrogen (secondary N) is 2. The van der Waals surface area contributed by atoms with Crippen LogP contribution in [-0.2, 0) is 6.54 Å². The highest BCUT2D eigenvalue weighted by Crippen LogP contribution is 2.24. The van der Waals surface area contributed by atoms with Crippen molar-refractivity contribution in [3.05, 3.63) is 36.0 Å². The summed E-state index contributed by atoms with van der Waals surface area (Å²) in [5.74, 6) is 0.942. The Balaban J connectivity index is 1.42. The van der Waals surface area contributed by atoms with Gasteiger partial charge < -0.3 is 15.5 Å². The number of aliphatic imine (C=N–C) groups is 1. The molecular formula is C18H28N6S. The zero-order chi connectivity index (χ0) is 17.3. The molecule has 0 aliphatic carbocycles. The van der Waals surface area contributed by atoms with Gasteiger partial charge in [-0.1, -0.05) is 0 Å². The van der Waals surface area contributed by atoms with Gasteiger partial charge in [0.15, 0.2) is 5.96 Å². The number of guanidine groups is 1. The zero-order valence-electron chi connectivity index (χ0n) is 14.9. The molecule has 0 aromatic carbocycles. The molecule has 0 saturated carbocycles. The largest absolute Gasteiger partial charge is 0.363 e. The number of thiophene rings is 1. The maximum Gasteiger partial charge on any atom is 0.191 e. The summed E-state index contributed by atoms with van der Waals surface area (Å²) in [4.78, 5) is 7.20. The predicted octanol–water partition coefficient (Wildman–Crippen LogP) is 2.56. The van der Waals surface area contributed by atoms with E-state index in [0.717, 1.165) is 57.9 Å². The average molecular weight is 361 g/mol. The first-order chi connectivity index (χ1) is 12.3. The molecule has 2 N–H and O–H groups in total. The Labute approximate surface area is 153 Å². The van der Waals surface area contributed by atoms with Crippen LogP contribution in [0.4, 0.5) is 5.00 Å². The fourth-order valence-electron chi connectivity index (χ4n) is 3.06. The highest BCUT2D eigenvalue weighted by Gasteiger charge is 2.20. The van der Waals surface area contributed by atoms with Crippen molar-refractivity contribution in [3.63, 3.8) is 0 Å². The van der Waals surface area contributed by atoms with Gasteiger partial charge >= 0.3 is 0 Å². The van der Waals surface area contributed by atoms with Crippen molar-refractivity contribution in [1.29, 1.82) is 0 Å². The lowest BCUT2D eigenvalue weighted by Crippen LogP contribution is -2.48. The number of rotatable bonds is 7. The van der Waals surface area contributed by atoms with Crippen molar-refractivity contribution in [2.75, 3.05) is 31.1 Å².